The maximum atomic E-state index is 12.0. The summed E-state index contributed by atoms with van der Waals surface area (Å²) >= 11 is 0. The van der Waals surface area contributed by atoms with Crippen molar-refractivity contribution in [1.82, 2.24) is 24.3 Å². The van der Waals surface area contributed by atoms with Crippen LogP contribution in [-0.2, 0) is 13.1 Å². The molecule has 126 valence electrons. The molecule has 0 spiro atoms. The molecular weight excluding hydrogens is 324 g/mol. The number of hydrogen-bond acceptors (Lipinski definition) is 6. The third-order valence-corrected chi connectivity index (χ3v) is 4.12. The Kier molecular flexibility index (Phi) is 3.34. The van der Waals surface area contributed by atoms with Crippen molar-refractivity contribution in [2.75, 3.05) is 12.4 Å². The van der Waals surface area contributed by atoms with Crippen molar-refractivity contribution in [3.8, 4) is 22.6 Å². The fourth-order valence-electron chi connectivity index (χ4n) is 2.87. The maximum Gasteiger partial charge on any atom is 0.341 e. The number of nitrogens with zero attached hydrogens (tertiary/aromatic N) is 5. The van der Waals surface area contributed by atoms with Gasteiger partial charge in [0.15, 0.2) is 5.43 Å². The van der Waals surface area contributed by atoms with Gasteiger partial charge in [-0.05, 0) is 6.07 Å². The molecule has 3 aromatic rings. The van der Waals surface area contributed by atoms with Crippen molar-refractivity contribution in [2.24, 2.45) is 0 Å². The summed E-state index contributed by atoms with van der Waals surface area (Å²) in [6, 6.07) is 3.20. The zero-order valence-electron chi connectivity index (χ0n) is 13.3. The molecule has 4 rings (SSSR count). The number of fused-ring (bicyclic) bond motifs is 3. The Bertz CT molecular complexity index is 1040. The summed E-state index contributed by atoms with van der Waals surface area (Å²) in [5.74, 6) is -0.701. The lowest BCUT2D eigenvalue weighted by atomic mass is 10.1. The quantitative estimate of drug-likeness (QED) is 0.729. The molecule has 0 saturated carbocycles. The molecule has 2 N–H and O–H groups in total. The molecule has 3 aromatic heterocycles. The molecular formula is C16H14N6O3. The first-order valence-corrected chi connectivity index (χ1v) is 7.63. The SMILES string of the molecule is CNc1ncc(-c2cc3n(n2)CCn2cc(C(=O)O)c(=O)cc2-3)cn1. The lowest BCUT2D eigenvalue weighted by molar-refractivity contribution is 0.0694. The van der Waals surface area contributed by atoms with Gasteiger partial charge in [0.05, 0.1) is 23.6 Å². The second kappa shape index (κ2) is 5.55. The number of anilines is 1. The van der Waals surface area contributed by atoms with Crippen LogP contribution in [0.4, 0.5) is 5.95 Å². The molecule has 0 atom stereocenters. The van der Waals surface area contributed by atoms with Crippen LogP contribution in [0.15, 0.2) is 35.5 Å². The summed E-state index contributed by atoms with van der Waals surface area (Å²) in [7, 11) is 1.74. The summed E-state index contributed by atoms with van der Waals surface area (Å²) in [6.45, 7) is 1.12. The molecule has 4 heterocycles. The van der Waals surface area contributed by atoms with Gasteiger partial charge in [-0.3, -0.25) is 9.48 Å². The molecule has 9 nitrogen and oxygen atoms in total. The van der Waals surface area contributed by atoms with Gasteiger partial charge in [0.1, 0.15) is 5.56 Å². The summed E-state index contributed by atoms with van der Waals surface area (Å²) in [5, 5.41) is 16.5. The van der Waals surface area contributed by atoms with Crippen molar-refractivity contribution in [3.63, 3.8) is 0 Å². The van der Waals surface area contributed by atoms with Crippen LogP contribution in [0.1, 0.15) is 10.4 Å². The number of carboxylic acids is 1. The van der Waals surface area contributed by atoms with E-state index in [4.69, 9.17) is 5.11 Å². The number of aromatic nitrogens is 5. The molecule has 1 aliphatic heterocycles. The normalized spacial score (nSPS) is 12.4. The summed E-state index contributed by atoms with van der Waals surface area (Å²) in [4.78, 5) is 31.5. The van der Waals surface area contributed by atoms with Crippen LogP contribution in [0.2, 0.25) is 0 Å². The molecule has 0 unspecified atom stereocenters. The van der Waals surface area contributed by atoms with Gasteiger partial charge in [-0.15, -0.1) is 0 Å². The van der Waals surface area contributed by atoms with Gasteiger partial charge >= 0.3 is 5.97 Å². The van der Waals surface area contributed by atoms with Crippen molar-refractivity contribution in [1.29, 1.82) is 0 Å². The van der Waals surface area contributed by atoms with Crippen LogP contribution in [0.5, 0.6) is 0 Å². The van der Waals surface area contributed by atoms with E-state index in [9.17, 15) is 9.59 Å². The zero-order chi connectivity index (χ0) is 17.6. The third kappa shape index (κ3) is 2.45. The average Bonchev–Trinajstić information content (AvgIpc) is 3.06. The van der Waals surface area contributed by atoms with Crippen LogP contribution in [-0.4, -0.2) is 42.4 Å². The van der Waals surface area contributed by atoms with Crippen molar-refractivity contribution in [2.45, 2.75) is 13.1 Å². The number of carboxylic acid groups (broad SMARTS) is 1. The number of hydrogen-bond donors (Lipinski definition) is 2. The highest BCUT2D eigenvalue weighted by atomic mass is 16.4. The molecule has 1 aliphatic rings. The minimum atomic E-state index is -1.22. The van der Waals surface area contributed by atoms with Gasteiger partial charge in [0.25, 0.3) is 0 Å². The predicted molar refractivity (Wildman–Crippen MR) is 89.5 cm³/mol. The monoisotopic (exact) mass is 338 g/mol. The van der Waals surface area contributed by atoms with E-state index >= 15 is 0 Å². The Balaban J connectivity index is 1.80. The van der Waals surface area contributed by atoms with E-state index < -0.39 is 11.4 Å². The molecule has 0 aliphatic carbocycles. The van der Waals surface area contributed by atoms with Gasteiger partial charge in [0.2, 0.25) is 5.95 Å². The highest BCUT2D eigenvalue weighted by Gasteiger charge is 2.21. The van der Waals surface area contributed by atoms with Gasteiger partial charge in [0, 0.05) is 43.8 Å². The summed E-state index contributed by atoms with van der Waals surface area (Å²) in [6.07, 6.45) is 4.74. The second-order valence-electron chi connectivity index (χ2n) is 5.62. The van der Waals surface area contributed by atoms with Crippen molar-refractivity contribution < 1.29 is 9.90 Å². The number of pyridine rings is 1. The van der Waals surface area contributed by atoms with E-state index in [1.165, 1.54) is 12.3 Å². The standard InChI is InChI=1S/C16H14N6O3/c1-17-16-18-6-9(7-19-16)11-4-13-12-5-14(23)10(15(24)25)8-21(12)2-3-22(13)20-11/h4-8H,2-3H2,1H3,(H,24,25)(H,17,18,19). The van der Waals surface area contributed by atoms with Crippen LogP contribution in [0.25, 0.3) is 22.6 Å². The highest BCUT2D eigenvalue weighted by Crippen LogP contribution is 2.28. The number of rotatable bonds is 3. The van der Waals surface area contributed by atoms with E-state index in [0.29, 0.717) is 30.4 Å². The van der Waals surface area contributed by atoms with Crippen LogP contribution in [0.3, 0.4) is 0 Å². The third-order valence-electron chi connectivity index (χ3n) is 4.12. The molecule has 0 saturated heterocycles. The minimum absolute atomic E-state index is 0.229. The van der Waals surface area contributed by atoms with E-state index in [2.05, 4.69) is 20.4 Å². The fraction of sp³-hybridized carbons (Fsp3) is 0.188. The lowest BCUT2D eigenvalue weighted by Crippen LogP contribution is -2.24. The van der Waals surface area contributed by atoms with E-state index in [1.54, 1.807) is 28.7 Å². The highest BCUT2D eigenvalue weighted by molar-refractivity contribution is 5.87. The first kappa shape index (κ1) is 15.1. The smallest absolute Gasteiger partial charge is 0.341 e. The maximum absolute atomic E-state index is 12.0. The molecule has 25 heavy (non-hydrogen) atoms. The molecule has 9 heteroatoms. The Labute approximate surface area is 141 Å². The lowest BCUT2D eigenvalue weighted by Gasteiger charge is -2.20. The van der Waals surface area contributed by atoms with Gasteiger partial charge in [-0.25, -0.2) is 14.8 Å². The van der Waals surface area contributed by atoms with Gasteiger partial charge < -0.3 is 15.0 Å². The zero-order valence-corrected chi connectivity index (χ0v) is 13.3. The Morgan fingerprint density at radius 2 is 1.96 bits per heavy atom. The number of aryl methyl sites for hydroxylation is 2. The molecule has 0 fully saturated rings. The van der Waals surface area contributed by atoms with Gasteiger partial charge in [-0.1, -0.05) is 0 Å². The number of nitrogens with one attached hydrogen (secondary N) is 1. The fourth-order valence-corrected chi connectivity index (χ4v) is 2.87. The predicted octanol–water partition coefficient (Wildman–Crippen LogP) is 0.922. The Hall–Kier alpha value is -3.49. The number of aromatic carboxylic acids is 1. The number of carbonyl (C=O) groups is 1. The van der Waals surface area contributed by atoms with Crippen LogP contribution in [0, 0.1) is 0 Å². The summed E-state index contributed by atoms with van der Waals surface area (Å²) in [5.41, 5.74) is 2.11. The average molecular weight is 338 g/mol. The molecule has 0 bridgehead atoms. The van der Waals surface area contributed by atoms with Crippen LogP contribution >= 0.6 is 0 Å². The van der Waals surface area contributed by atoms with Crippen molar-refractivity contribution >= 4 is 11.9 Å². The van der Waals surface area contributed by atoms with Gasteiger partial charge in [-0.2, -0.15) is 5.10 Å². The largest absolute Gasteiger partial charge is 0.477 e. The topological polar surface area (TPSA) is 115 Å². The minimum Gasteiger partial charge on any atom is -0.477 e. The first-order valence-electron chi connectivity index (χ1n) is 7.63. The Morgan fingerprint density at radius 3 is 2.64 bits per heavy atom. The molecule has 0 radical (unpaired) electrons. The van der Waals surface area contributed by atoms with E-state index in [1.807, 2.05) is 6.07 Å². The van der Waals surface area contributed by atoms with Crippen molar-refractivity contribution in [3.05, 3.63) is 46.5 Å². The van der Waals surface area contributed by atoms with E-state index in [-0.39, 0.29) is 5.56 Å². The summed E-state index contributed by atoms with van der Waals surface area (Å²) < 4.78 is 3.57. The molecule has 0 aromatic carbocycles. The van der Waals surface area contributed by atoms with Crippen LogP contribution < -0.4 is 10.7 Å². The molecule has 0 amide bonds. The van der Waals surface area contributed by atoms with E-state index in [0.717, 1.165) is 11.3 Å². The second-order valence-corrected chi connectivity index (χ2v) is 5.62. The Morgan fingerprint density at radius 1 is 1.20 bits per heavy atom. The first-order chi connectivity index (χ1) is 12.1.